The number of amides is 1. The summed E-state index contributed by atoms with van der Waals surface area (Å²) >= 11 is 0. The van der Waals surface area contributed by atoms with Crippen molar-refractivity contribution in [3.63, 3.8) is 0 Å². The minimum absolute atomic E-state index is 0.143. The van der Waals surface area contributed by atoms with E-state index in [2.05, 4.69) is 15.3 Å². The second-order valence-corrected chi connectivity index (χ2v) is 10.1. The fourth-order valence-corrected chi connectivity index (χ4v) is 5.21. The highest BCUT2D eigenvalue weighted by molar-refractivity contribution is 5.98. The third-order valence-electron chi connectivity index (χ3n) is 7.60. The van der Waals surface area contributed by atoms with Crippen molar-refractivity contribution < 1.29 is 18.0 Å². The van der Waals surface area contributed by atoms with Crippen molar-refractivity contribution in [1.82, 2.24) is 14.7 Å². The van der Waals surface area contributed by atoms with Crippen molar-refractivity contribution >= 4 is 23.1 Å². The van der Waals surface area contributed by atoms with Crippen molar-refractivity contribution in [3.8, 4) is 0 Å². The van der Waals surface area contributed by atoms with Crippen LogP contribution in [0.2, 0.25) is 0 Å². The Morgan fingerprint density at radius 3 is 2.37 bits per heavy atom. The number of rotatable bonds is 8. The fraction of sp³-hybridized carbons (Fsp3) is 0.560. The van der Waals surface area contributed by atoms with Crippen LogP contribution in [0.15, 0.2) is 30.5 Å². The molecule has 4 N–H and O–H groups in total. The second kappa shape index (κ2) is 9.29. The predicted molar refractivity (Wildman–Crippen MR) is 127 cm³/mol. The number of hydrogen-bond donors (Lipinski definition) is 3. The van der Waals surface area contributed by atoms with E-state index in [1.165, 1.54) is 44.2 Å². The van der Waals surface area contributed by atoms with Gasteiger partial charge in [-0.05, 0) is 68.7 Å². The van der Waals surface area contributed by atoms with E-state index in [1.807, 2.05) is 0 Å². The maximum atomic E-state index is 12.9. The maximum absolute atomic E-state index is 12.9. The average Bonchev–Trinajstić information content (AvgIpc) is 3.49. The van der Waals surface area contributed by atoms with E-state index in [0.717, 1.165) is 37.4 Å². The maximum Gasteiger partial charge on any atom is 0.416 e. The summed E-state index contributed by atoms with van der Waals surface area (Å²) in [6, 6.07) is 5.27. The van der Waals surface area contributed by atoms with Gasteiger partial charge in [0, 0.05) is 42.6 Å². The van der Waals surface area contributed by atoms with Crippen LogP contribution in [-0.2, 0) is 6.18 Å². The molecule has 0 aliphatic heterocycles. The third-order valence-corrected chi connectivity index (χ3v) is 7.60. The summed E-state index contributed by atoms with van der Waals surface area (Å²) in [6.07, 6.45) is 5.92. The summed E-state index contributed by atoms with van der Waals surface area (Å²) < 4.78 is 40.2. The number of anilines is 2. The molecule has 10 heteroatoms. The highest BCUT2D eigenvalue weighted by atomic mass is 19.4. The van der Waals surface area contributed by atoms with E-state index in [-0.39, 0.29) is 17.4 Å². The zero-order chi connectivity index (χ0) is 24.7. The lowest BCUT2D eigenvalue weighted by Crippen LogP contribution is -2.50. The number of nitrogens with zero attached hydrogens (tertiary/aromatic N) is 3. The van der Waals surface area contributed by atoms with E-state index in [4.69, 9.17) is 11.1 Å². The molecule has 1 heterocycles. The average molecular weight is 489 g/mol. The molecule has 3 aliphatic carbocycles. The number of primary amides is 1. The Balaban J connectivity index is 1.30. The van der Waals surface area contributed by atoms with Gasteiger partial charge in [0.05, 0.1) is 11.6 Å². The van der Waals surface area contributed by atoms with Gasteiger partial charge in [0.15, 0.2) is 5.82 Å². The van der Waals surface area contributed by atoms with Crippen LogP contribution in [0.4, 0.5) is 24.7 Å². The number of nitrogens with one attached hydrogen (secondary N) is 2. The Morgan fingerprint density at radius 2 is 1.83 bits per heavy atom. The van der Waals surface area contributed by atoms with E-state index in [0.29, 0.717) is 29.9 Å². The molecule has 0 saturated heterocycles. The molecular weight excluding hydrogens is 457 g/mol. The van der Waals surface area contributed by atoms with Crippen LogP contribution >= 0.6 is 0 Å². The highest BCUT2D eigenvalue weighted by Crippen LogP contribution is 2.39. The number of alkyl halides is 3. The lowest BCUT2D eigenvalue weighted by Gasteiger charge is -2.45. The molecule has 2 aromatic rings. The molecule has 188 valence electrons. The molecule has 2 atom stereocenters. The normalized spacial score (nSPS) is 23.4. The molecular formula is C25H31F3N6O. The summed E-state index contributed by atoms with van der Waals surface area (Å²) in [7, 11) is 0. The van der Waals surface area contributed by atoms with Crippen molar-refractivity contribution in [3.05, 3.63) is 41.6 Å². The van der Waals surface area contributed by atoms with Gasteiger partial charge >= 0.3 is 6.18 Å². The van der Waals surface area contributed by atoms with E-state index in [1.54, 1.807) is 10.9 Å². The van der Waals surface area contributed by atoms with Gasteiger partial charge in [-0.25, -0.2) is 0 Å². The molecule has 1 aromatic carbocycles. The first-order chi connectivity index (χ1) is 16.7. The lowest BCUT2D eigenvalue weighted by molar-refractivity contribution is -0.137. The van der Waals surface area contributed by atoms with Gasteiger partial charge in [-0.15, -0.1) is 0 Å². The molecule has 7 nitrogen and oxygen atoms in total. The Hall–Kier alpha value is -2.88. The van der Waals surface area contributed by atoms with Crippen LogP contribution in [0.1, 0.15) is 73.3 Å². The molecule has 1 aromatic heterocycles. The summed E-state index contributed by atoms with van der Waals surface area (Å²) in [5, 5.41) is 16.2. The van der Waals surface area contributed by atoms with E-state index >= 15 is 0 Å². The van der Waals surface area contributed by atoms with Crippen LogP contribution in [0.3, 0.4) is 0 Å². The Labute approximate surface area is 202 Å². The quantitative estimate of drug-likeness (QED) is 0.480. The van der Waals surface area contributed by atoms with Gasteiger partial charge in [0.2, 0.25) is 0 Å². The zero-order valence-electron chi connectivity index (χ0n) is 19.5. The van der Waals surface area contributed by atoms with E-state index in [9.17, 15) is 18.0 Å². The standard InChI is InChI=1S/C25H31F3N6O/c26-25(27,28)16-6-8-17(9-7-16)31-24-20(23(30)35)14-34(32-24)22-11-10-19(12-21(22)29)33(13-15-4-5-15)18-2-1-3-18/h6-9,14-15,18-19,22,29H,1-5,10-13H2,(H2,30,35)(H,31,32)/t19-,22+/m1/s1. The van der Waals surface area contributed by atoms with Gasteiger partial charge in [-0.1, -0.05) is 6.42 Å². The van der Waals surface area contributed by atoms with E-state index < -0.39 is 17.6 Å². The minimum atomic E-state index is -4.43. The number of aromatic nitrogens is 2. The van der Waals surface area contributed by atoms with Crippen LogP contribution in [-0.4, -0.2) is 44.9 Å². The predicted octanol–water partition coefficient (Wildman–Crippen LogP) is 5.12. The van der Waals surface area contributed by atoms with Crippen molar-refractivity contribution in [2.75, 3.05) is 11.9 Å². The molecule has 5 rings (SSSR count). The molecule has 0 spiro atoms. The van der Waals surface area contributed by atoms with Gasteiger partial charge in [0.25, 0.3) is 5.91 Å². The molecule has 1 amide bonds. The number of carbonyl (C=O) groups excluding carboxylic acids is 1. The Kier molecular flexibility index (Phi) is 6.33. The Morgan fingerprint density at radius 1 is 1.11 bits per heavy atom. The van der Waals surface area contributed by atoms with Gasteiger partial charge in [-0.2, -0.15) is 18.3 Å². The summed E-state index contributed by atoms with van der Waals surface area (Å²) in [5.41, 5.74) is 5.89. The monoisotopic (exact) mass is 488 g/mol. The van der Waals surface area contributed by atoms with Crippen LogP contribution in [0, 0.1) is 11.3 Å². The first kappa shape index (κ1) is 23.8. The largest absolute Gasteiger partial charge is 0.416 e. The molecule has 0 bridgehead atoms. The molecule has 0 unspecified atom stereocenters. The molecule has 3 fully saturated rings. The summed E-state index contributed by atoms with van der Waals surface area (Å²) in [5.74, 6) is 0.300. The minimum Gasteiger partial charge on any atom is -0.365 e. The molecule has 35 heavy (non-hydrogen) atoms. The number of carbonyl (C=O) groups is 1. The number of hydrogen-bond acceptors (Lipinski definition) is 5. The Bertz CT molecular complexity index is 1090. The lowest BCUT2D eigenvalue weighted by atomic mass is 9.84. The van der Waals surface area contributed by atoms with Crippen LogP contribution in [0.5, 0.6) is 0 Å². The van der Waals surface area contributed by atoms with Crippen molar-refractivity contribution in [2.24, 2.45) is 11.7 Å². The van der Waals surface area contributed by atoms with Gasteiger partial charge < -0.3 is 16.5 Å². The summed E-state index contributed by atoms with van der Waals surface area (Å²) in [6.45, 7) is 1.14. The first-order valence-corrected chi connectivity index (χ1v) is 12.4. The summed E-state index contributed by atoms with van der Waals surface area (Å²) in [4.78, 5) is 14.7. The number of nitrogens with two attached hydrogens (primary N) is 1. The van der Waals surface area contributed by atoms with Crippen LogP contribution in [0.25, 0.3) is 0 Å². The smallest absolute Gasteiger partial charge is 0.365 e. The third kappa shape index (κ3) is 5.22. The van der Waals surface area contributed by atoms with Gasteiger partial charge in [0.1, 0.15) is 5.56 Å². The van der Waals surface area contributed by atoms with Crippen molar-refractivity contribution in [1.29, 1.82) is 5.41 Å². The second-order valence-electron chi connectivity index (χ2n) is 10.1. The van der Waals surface area contributed by atoms with Gasteiger partial charge in [-0.3, -0.25) is 14.4 Å². The highest BCUT2D eigenvalue weighted by Gasteiger charge is 2.38. The molecule has 3 aliphatic rings. The zero-order valence-corrected chi connectivity index (χ0v) is 19.5. The number of benzene rings is 1. The number of halogens is 3. The first-order valence-electron chi connectivity index (χ1n) is 12.4. The molecule has 3 saturated carbocycles. The molecule has 0 radical (unpaired) electrons. The topological polar surface area (TPSA) is 100 Å². The SMILES string of the molecule is N=C1C[C@H](N(CC2CC2)C2CCC2)CC[C@@H]1n1cc(C(N)=O)c(Nc2ccc(C(F)(F)F)cc2)n1. The fourth-order valence-electron chi connectivity index (χ4n) is 5.21. The van der Waals surface area contributed by atoms with Crippen LogP contribution < -0.4 is 11.1 Å². The van der Waals surface area contributed by atoms with Crippen molar-refractivity contribution in [2.45, 2.75) is 75.7 Å².